The van der Waals surface area contributed by atoms with Crippen LogP contribution >= 0.6 is 0 Å². The molecule has 0 spiro atoms. The predicted octanol–water partition coefficient (Wildman–Crippen LogP) is 3.08. The van der Waals surface area contributed by atoms with E-state index in [1.807, 2.05) is 0 Å². The summed E-state index contributed by atoms with van der Waals surface area (Å²) in [5.41, 5.74) is 1.80. The maximum Gasteiger partial charge on any atom is 0.00658 e. The topological polar surface area (TPSA) is 0 Å². The molecule has 0 aliphatic heterocycles. The van der Waals surface area contributed by atoms with Gasteiger partial charge in [0.2, 0.25) is 0 Å². The van der Waals surface area contributed by atoms with Crippen molar-refractivity contribution in [1.29, 1.82) is 0 Å². The minimum absolute atomic E-state index is 0.395. The van der Waals surface area contributed by atoms with Crippen LogP contribution in [0.3, 0.4) is 0 Å². The van der Waals surface area contributed by atoms with Crippen molar-refractivity contribution in [3.8, 4) is 0 Å². The molecule has 0 N–H and O–H groups in total. The Kier molecular flexibility index (Phi) is 1.32. The molecule has 0 heteroatoms. The third kappa shape index (κ3) is 0.891. The fourth-order valence-electron chi connectivity index (χ4n) is 2.20. The highest BCUT2D eigenvalue weighted by Gasteiger charge is 2.38. The van der Waals surface area contributed by atoms with E-state index in [9.17, 15) is 0 Å². The molecule has 0 heterocycles. The van der Waals surface area contributed by atoms with Gasteiger partial charge < -0.3 is 0 Å². The van der Waals surface area contributed by atoms with Crippen molar-refractivity contribution in [2.24, 2.45) is 11.3 Å². The molecule has 0 saturated heterocycles. The molecule has 0 bridgehead atoms. The van der Waals surface area contributed by atoms with E-state index in [0.717, 1.165) is 0 Å². The average molecular weight is 146 g/mol. The molecule has 2 aliphatic carbocycles. The van der Waals surface area contributed by atoms with Crippen molar-refractivity contribution in [2.45, 2.75) is 19.8 Å². The zero-order valence-electron chi connectivity index (χ0n) is 7.01. The van der Waals surface area contributed by atoms with Crippen LogP contribution in [0, 0.1) is 11.3 Å². The van der Waals surface area contributed by atoms with Crippen molar-refractivity contribution in [2.75, 3.05) is 0 Å². The number of hydrogen-bond donors (Lipinski definition) is 0. The zero-order chi connectivity index (χ0) is 7.90. The van der Waals surface area contributed by atoms with Crippen molar-refractivity contribution >= 4 is 0 Å². The zero-order valence-corrected chi connectivity index (χ0v) is 7.01. The number of fused-ring (bicyclic) bond motifs is 1. The molecule has 1 saturated carbocycles. The van der Waals surface area contributed by atoms with Gasteiger partial charge in [-0.05, 0) is 18.3 Å². The first-order chi connectivity index (χ1) is 5.22. The summed E-state index contributed by atoms with van der Waals surface area (Å²) in [5, 5.41) is 0. The van der Waals surface area contributed by atoms with Gasteiger partial charge in [-0.2, -0.15) is 0 Å². The Morgan fingerprint density at radius 2 is 2.36 bits per heavy atom. The Morgan fingerprint density at radius 3 is 3.09 bits per heavy atom. The van der Waals surface area contributed by atoms with E-state index in [0.29, 0.717) is 11.3 Å². The summed E-state index contributed by atoms with van der Waals surface area (Å²) in [4.78, 5) is 0. The minimum Gasteiger partial charge on any atom is -0.0992 e. The molecule has 0 aromatic heterocycles. The third-order valence-corrected chi connectivity index (χ3v) is 3.03. The Balaban J connectivity index is 2.38. The Hall–Kier alpha value is -0.780. The molecule has 0 aromatic rings. The van der Waals surface area contributed by atoms with Crippen LogP contribution in [0.25, 0.3) is 0 Å². The van der Waals surface area contributed by atoms with Gasteiger partial charge in [0.1, 0.15) is 0 Å². The normalized spacial score (nSPS) is 41.2. The predicted molar refractivity (Wildman–Crippen MR) is 48.3 cm³/mol. The SMILES string of the molecule is C=C1CC[C@]2(C)C=CC=C[C@H]12. The maximum atomic E-state index is 4.10. The van der Waals surface area contributed by atoms with Gasteiger partial charge in [-0.1, -0.05) is 43.4 Å². The molecule has 0 radical (unpaired) electrons. The van der Waals surface area contributed by atoms with Crippen LogP contribution in [0.5, 0.6) is 0 Å². The first-order valence-electron chi connectivity index (χ1n) is 4.26. The van der Waals surface area contributed by atoms with Crippen molar-refractivity contribution in [3.05, 3.63) is 36.5 Å². The summed E-state index contributed by atoms with van der Waals surface area (Å²) in [6, 6.07) is 0. The fraction of sp³-hybridized carbons (Fsp3) is 0.455. The van der Waals surface area contributed by atoms with E-state index in [-0.39, 0.29) is 0 Å². The highest BCUT2D eigenvalue weighted by molar-refractivity contribution is 5.30. The lowest BCUT2D eigenvalue weighted by atomic mass is 9.76. The number of rotatable bonds is 0. The highest BCUT2D eigenvalue weighted by Crippen LogP contribution is 2.48. The first kappa shape index (κ1) is 6.90. The first-order valence-corrected chi connectivity index (χ1v) is 4.26. The van der Waals surface area contributed by atoms with Crippen LogP contribution in [0.1, 0.15) is 19.8 Å². The molecule has 0 aromatic carbocycles. The Bertz CT molecular complexity index is 245. The lowest BCUT2D eigenvalue weighted by Crippen LogP contribution is -2.19. The van der Waals surface area contributed by atoms with Gasteiger partial charge in [-0.3, -0.25) is 0 Å². The lowest BCUT2D eigenvalue weighted by Gasteiger charge is -2.28. The van der Waals surface area contributed by atoms with Crippen LogP contribution in [-0.4, -0.2) is 0 Å². The number of hydrogen-bond acceptors (Lipinski definition) is 0. The monoisotopic (exact) mass is 146 g/mol. The molecule has 0 unspecified atom stereocenters. The quantitative estimate of drug-likeness (QED) is 0.461. The van der Waals surface area contributed by atoms with Gasteiger partial charge in [-0.25, -0.2) is 0 Å². The van der Waals surface area contributed by atoms with Crippen LogP contribution in [0.4, 0.5) is 0 Å². The molecule has 0 nitrogen and oxygen atoms in total. The Morgan fingerprint density at radius 1 is 1.55 bits per heavy atom. The minimum atomic E-state index is 0.395. The fourth-order valence-corrected chi connectivity index (χ4v) is 2.20. The third-order valence-electron chi connectivity index (χ3n) is 3.03. The van der Waals surface area contributed by atoms with Crippen LogP contribution < -0.4 is 0 Å². The van der Waals surface area contributed by atoms with E-state index in [2.05, 4.69) is 37.8 Å². The van der Waals surface area contributed by atoms with Gasteiger partial charge in [0, 0.05) is 5.92 Å². The van der Waals surface area contributed by atoms with Crippen molar-refractivity contribution < 1.29 is 0 Å². The second kappa shape index (κ2) is 2.10. The molecule has 1 fully saturated rings. The van der Waals surface area contributed by atoms with Crippen LogP contribution in [-0.2, 0) is 0 Å². The highest BCUT2D eigenvalue weighted by atomic mass is 14.4. The second-order valence-corrected chi connectivity index (χ2v) is 3.89. The molecule has 2 rings (SSSR count). The van der Waals surface area contributed by atoms with E-state index in [4.69, 9.17) is 0 Å². The van der Waals surface area contributed by atoms with E-state index >= 15 is 0 Å². The molecule has 2 aliphatic rings. The molecule has 0 amide bonds. The largest absolute Gasteiger partial charge is 0.0992 e. The number of allylic oxidation sites excluding steroid dienone is 5. The summed E-state index contributed by atoms with van der Waals surface area (Å²) >= 11 is 0. The summed E-state index contributed by atoms with van der Waals surface area (Å²) in [6.07, 6.45) is 11.4. The molecular weight excluding hydrogens is 132 g/mol. The van der Waals surface area contributed by atoms with Gasteiger partial charge in [0.05, 0.1) is 0 Å². The summed E-state index contributed by atoms with van der Waals surface area (Å²) in [5.74, 6) is 0.618. The maximum absolute atomic E-state index is 4.10. The molecular formula is C11H14. The van der Waals surface area contributed by atoms with Gasteiger partial charge in [0.25, 0.3) is 0 Å². The Labute approximate surface area is 68.3 Å². The summed E-state index contributed by atoms with van der Waals surface area (Å²) < 4.78 is 0. The molecule has 11 heavy (non-hydrogen) atoms. The van der Waals surface area contributed by atoms with Crippen molar-refractivity contribution in [1.82, 2.24) is 0 Å². The smallest absolute Gasteiger partial charge is 0.00658 e. The lowest BCUT2D eigenvalue weighted by molar-refractivity contribution is 0.380. The van der Waals surface area contributed by atoms with Gasteiger partial charge in [-0.15, -0.1) is 0 Å². The summed E-state index contributed by atoms with van der Waals surface area (Å²) in [6.45, 7) is 6.43. The molecule has 58 valence electrons. The van der Waals surface area contributed by atoms with Crippen LogP contribution in [0.15, 0.2) is 36.5 Å². The van der Waals surface area contributed by atoms with E-state index < -0.39 is 0 Å². The molecule has 2 atom stereocenters. The van der Waals surface area contributed by atoms with E-state index in [1.165, 1.54) is 18.4 Å². The standard InChI is InChI=1S/C11H14/c1-9-6-8-11(2)7-4-3-5-10(9)11/h3-5,7,10H,1,6,8H2,2H3/t10-,11+/m1/s1. The van der Waals surface area contributed by atoms with Crippen molar-refractivity contribution in [3.63, 3.8) is 0 Å². The van der Waals surface area contributed by atoms with Gasteiger partial charge >= 0.3 is 0 Å². The summed E-state index contributed by atoms with van der Waals surface area (Å²) in [7, 11) is 0. The van der Waals surface area contributed by atoms with Crippen LogP contribution in [0.2, 0.25) is 0 Å². The average Bonchev–Trinajstić information content (AvgIpc) is 2.29. The van der Waals surface area contributed by atoms with Gasteiger partial charge in [0.15, 0.2) is 0 Å². The second-order valence-electron chi connectivity index (χ2n) is 3.89. The van der Waals surface area contributed by atoms with E-state index in [1.54, 1.807) is 0 Å².